The van der Waals surface area contributed by atoms with Crippen molar-refractivity contribution in [3.63, 3.8) is 0 Å². The van der Waals surface area contributed by atoms with Crippen LogP contribution in [-0.2, 0) is 4.79 Å². The van der Waals surface area contributed by atoms with Gasteiger partial charge in [-0.2, -0.15) is 0 Å². The van der Waals surface area contributed by atoms with Gasteiger partial charge in [0.15, 0.2) is 0 Å². The van der Waals surface area contributed by atoms with Gasteiger partial charge in [-0.05, 0) is 37.1 Å². The summed E-state index contributed by atoms with van der Waals surface area (Å²) < 4.78 is 0. The van der Waals surface area contributed by atoms with Crippen molar-refractivity contribution in [1.29, 1.82) is 0 Å². The monoisotopic (exact) mass is 288 g/mol. The minimum absolute atomic E-state index is 0.0754. The molecule has 0 bridgehead atoms. The predicted molar refractivity (Wildman–Crippen MR) is 78.9 cm³/mol. The van der Waals surface area contributed by atoms with E-state index >= 15 is 0 Å². The van der Waals surface area contributed by atoms with Gasteiger partial charge in [0.25, 0.3) is 0 Å². The highest BCUT2D eigenvalue weighted by atomic mass is 32.1. The summed E-state index contributed by atoms with van der Waals surface area (Å²) in [5.41, 5.74) is 0. The van der Waals surface area contributed by atoms with Gasteiger partial charge in [-0.15, -0.1) is 11.3 Å². The molecule has 2 aromatic rings. The minimum Gasteiger partial charge on any atom is -0.352 e. The van der Waals surface area contributed by atoms with Crippen molar-refractivity contribution in [3.8, 4) is 0 Å². The van der Waals surface area contributed by atoms with E-state index in [4.69, 9.17) is 0 Å². The normalized spacial score (nSPS) is 22.4. The van der Waals surface area contributed by atoms with E-state index in [1.165, 1.54) is 0 Å². The summed E-state index contributed by atoms with van der Waals surface area (Å²) >= 11 is 1.61. The summed E-state index contributed by atoms with van der Waals surface area (Å²) in [7, 11) is 0. The number of anilines is 1. The summed E-state index contributed by atoms with van der Waals surface area (Å²) in [6, 6.07) is 2.38. The van der Waals surface area contributed by atoms with Gasteiger partial charge in [-0.3, -0.25) is 4.79 Å². The highest BCUT2D eigenvalue weighted by molar-refractivity contribution is 7.16. The second-order valence-electron chi connectivity index (χ2n) is 5.47. The first kappa shape index (κ1) is 12.1. The molecule has 6 heteroatoms. The molecule has 2 aromatic heterocycles. The summed E-state index contributed by atoms with van der Waals surface area (Å²) in [5, 5.41) is 6.20. The zero-order valence-electron chi connectivity index (χ0n) is 11.1. The molecular formula is C14H16N4OS. The van der Waals surface area contributed by atoms with Crippen LogP contribution in [0.3, 0.4) is 0 Å². The molecule has 2 aliphatic rings. The molecule has 1 aliphatic carbocycles. The quantitative estimate of drug-likeness (QED) is 0.937. The summed E-state index contributed by atoms with van der Waals surface area (Å²) in [5.74, 6) is 1.07. The number of carbonyl (C=O) groups is 1. The number of aromatic nitrogens is 2. The van der Waals surface area contributed by atoms with Crippen LogP contribution in [-0.4, -0.2) is 34.5 Å². The lowest BCUT2D eigenvalue weighted by atomic mass is 10.2. The first-order chi connectivity index (χ1) is 9.83. The van der Waals surface area contributed by atoms with Gasteiger partial charge in [0.2, 0.25) is 5.91 Å². The highest BCUT2D eigenvalue weighted by Crippen LogP contribution is 2.32. The van der Waals surface area contributed by atoms with E-state index < -0.39 is 0 Å². The second kappa shape index (κ2) is 4.70. The maximum atomic E-state index is 12.4. The molecule has 1 atom stereocenters. The van der Waals surface area contributed by atoms with Crippen LogP contribution >= 0.6 is 11.3 Å². The largest absolute Gasteiger partial charge is 0.352 e. The molecule has 5 nitrogen and oxygen atoms in total. The fourth-order valence-electron chi connectivity index (χ4n) is 2.82. The van der Waals surface area contributed by atoms with Crippen molar-refractivity contribution >= 4 is 33.3 Å². The van der Waals surface area contributed by atoms with Crippen molar-refractivity contribution in [1.82, 2.24) is 15.3 Å². The van der Waals surface area contributed by atoms with Gasteiger partial charge in [0.05, 0.1) is 5.39 Å². The Balaban J connectivity index is 1.65. The summed E-state index contributed by atoms with van der Waals surface area (Å²) in [6.45, 7) is 0.894. The van der Waals surface area contributed by atoms with E-state index in [9.17, 15) is 4.79 Å². The average Bonchev–Trinajstić information content (AvgIpc) is 2.96. The fraction of sp³-hybridized carbons (Fsp3) is 0.500. The number of rotatable bonds is 3. The van der Waals surface area contributed by atoms with Crippen LogP contribution in [0.25, 0.3) is 10.2 Å². The molecule has 0 radical (unpaired) electrons. The third kappa shape index (κ3) is 2.04. The number of nitrogens with zero attached hydrogens (tertiary/aromatic N) is 3. The third-order valence-corrected chi connectivity index (χ3v) is 4.81. The van der Waals surface area contributed by atoms with Gasteiger partial charge >= 0.3 is 0 Å². The number of hydrogen-bond donors (Lipinski definition) is 1. The second-order valence-corrected chi connectivity index (χ2v) is 6.37. The zero-order chi connectivity index (χ0) is 13.5. The van der Waals surface area contributed by atoms with E-state index in [1.807, 2.05) is 11.4 Å². The molecule has 2 fully saturated rings. The molecule has 0 unspecified atom stereocenters. The average molecular weight is 288 g/mol. The minimum atomic E-state index is -0.0754. The number of fused-ring (bicyclic) bond motifs is 1. The molecular weight excluding hydrogens is 272 g/mol. The molecule has 0 aromatic carbocycles. The Labute approximate surface area is 121 Å². The first-order valence-electron chi connectivity index (χ1n) is 7.08. The summed E-state index contributed by atoms with van der Waals surface area (Å²) in [4.78, 5) is 24.2. The number of thiophene rings is 1. The van der Waals surface area contributed by atoms with E-state index in [0.29, 0.717) is 6.04 Å². The lowest BCUT2D eigenvalue weighted by molar-refractivity contribution is -0.122. The smallest absolute Gasteiger partial charge is 0.242 e. The Morgan fingerprint density at radius 3 is 3.10 bits per heavy atom. The van der Waals surface area contributed by atoms with Crippen LogP contribution in [0.4, 0.5) is 5.82 Å². The molecule has 1 saturated heterocycles. The molecule has 4 rings (SSSR count). The molecule has 20 heavy (non-hydrogen) atoms. The Morgan fingerprint density at radius 2 is 2.25 bits per heavy atom. The van der Waals surface area contributed by atoms with Gasteiger partial charge < -0.3 is 10.2 Å². The Bertz CT molecular complexity index is 651. The number of hydrogen-bond acceptors (Lipinski definition) is 5. The van der Waals surface area contributed by atoms with E-state index in [1.54, 1.807) is 17.7 Å². The van der Waals surface area contributed by atoms with Crippen LogP contribution in [0.1, 0.15) is 25.7 Å². The van der Waals surface area contributed by atoms with E-state index in [2.05, 4.69) is 20.2 Å². The number of carbonyl (C=O) groups excluding carboxylic acids is 1. The van der Waals surface area contributed by atoms with Crippen LogP contribution in [0.2, 0.25) is 0 Å². The number of amides is 1. The molecule has 3 heterocycles. The molecule has 1 aliphatic heterocycles. The lowest BCUT2D eigenvalue weighted by Crippen LogP contribution is -2.44. The Hall–Kier alpha value is -1.69. The van der Waals surface area contributed by atoms with Crippen LogP contribution < -0.4 is 10.2 Å². The van der Waals surface area contributed by atoms with Gasteiger partial charge in [-0.1, -0.05) is 0 Å². The fourth-order valence-corrected chi connectivity index (χ4v) is 3.55. The summed E-state index contributed by atoms with van der Waals surface area (Å²) in [6.07, 6.45) is 5.80. The Kier molecular flexibility index (Phi) is 2.84. The van der Waals surface area contributed by atoms with Crippen molar-refractivity contribution in [3.05, 3.63) is 17.8 Å². The first-order valence-corrected chi connectivity index (χ1v) is 7.96. The maximum Gasteiger partial charge on any atom is 0.242 e. The SMILES string of the molecule is O=C(NC1CC1)[C@@H]1CCCN1c1ncnc2sccc12. The molecule has 1 N–H and O–H groups in total. The van der Waals surface area contributed by atoms with Gasteiger partial charge in [-0.25, -0.2) is 9.97 Å². The predicted octanol–water partition coefficient (Wildman–Crippen LogP) is 1.94. The van der Waals surface area contributed by atoms with Crippen molar-refractivity contribution in [2.45, 2.75) is 37.8 Å². The van der Waals surface area contributed by atoms with Crippen LogP contribution in [0, 0.1) is 0 Å². The van der Waals surface area contributed by atoms with Crippen molar-refractivity contribution in [2.75, 3.05) is 11.4 Å². The molecule has 1 saturated carbocycles. The molecule has 1 amide bonds. The van der Waals surface area contributed by atoms with Gasteiger partial charge in [0, 0.05) is 12.6 Å². The van der Waals surface area contributed by atoms with Crippen molar-refractivity contribution in [2.24, 2.45) is 0 Å². The zero-order valence-corrected chi connectivity index (χ0v) is 11.9. The van der Waals surface area contributed by atoms with Gasteiger partial charge in [0.1, 0.15) is 23.0 Å². The topological polar surface area (TPSA) is 58.1 Å². The number of nitrogens with one attached hydrogen (secondary N) is 1. The van der Waals surface area contributed by atoms with E-state index in [0.717, 1.165) is 48.3 Å². The maximum absolute atomic E-state index is 12.4. The van der Waals surface area contributed by atoms with Crippen LogP contribution in [0.15, 0.2) is 17.8 Å². The molecule has 104 valence electrons. The third-order valence-electron chi connectivity index (χ3n) is 3.99. The Morgan fingerprint density at radius 1 is 1.35 bits per heavy atom. The standard InChI is InChI=1S/C14H16N4OS/c19-13(17-9-3-4-9)11-2-1-6-18(11)12-10-5-7-20-14(10)16-8-15-12/h5,7-9,11H,1-4,6H2,(H,17,19)/t11-/m0/s1. The van der Waals surface area contributed by atoms with Crippen LogP contribution in [0.5, 0.6) is 0 Å². The van der Waals surface area contributed by atoms with E-state index in [-0.39, 0.29) is 11.9 Å². The molecule has 0 spiro atoms. The lowest BCUT2D eigenvalue weighted by Gasteiger charge is -2.25. The highest BCUT2D eigenvalue weighted by Gasteiger charge is 2.35. The van der Waals surface area contributed by atoms with Crippen molar-refractivity contribution < 1.29 is 4.79 Å².